The van der Waals surface area contributed by atoms with Gasteiger partial charge in [0.15, 0.2) is 11.6 Å². The summed E-state index contributed by atoms with van der Waals surface area (Å²) in [5, 5.41) is 3.55. The van der Waals surface area contributed by atoms with Crippen LogP contribution in [0.1, 0.15) is 19.6 Å². The monoisotopic (exact) mass is 490 g/mol. The summed E-state index contributed by atoms with van der Waals surface area (Å²) in [4.78, 5) is 6.63. The van der Waals surface area contributed by atoms with E-state index in [0.29, 0.717) is 22.9 Å². The number of hydrogen-bond donors (Lipinski definition) is 2. The van der Waals surface area contributed by atoms with E-state index in [2.05, 4.69) is 33.8 Å². The van der Waals surface area contributed by atoms with E-state index in [-0.39, 0.29) is 27.8 Å². The minimum Gasteiger partial charge on any atom is -0.493 e. The van der Waals surface area contributed by atoms with Gasteiger partial charge in [0.2, 0.25) is 0 Å². The van der Waals surface area contributed by atoms with Crippen LogP contribution in [0.5, 0.6) is 5.75 Å². The van der Waals surface area contributed by atoms with Crippen molar-refractivity contribution in [2.45, 2.75) is 37.8 Å². The van der Waals surface area contributed by atoms with Crippen molar-refractivity contribution in [1.82, 2.24) is 10.3 Å². The standard InChI is InChI=1S/C23H27ClN4O4S/c1-14-12-28(13-15(2)25-14)22-10-8-20(31-4)23(26-22)27-33(29,30)21-9-6-17(11-18(21)24)19-7-5-16(3)32-19/h5-11,14-15,25H,12-13H2,1-4H3,(H,26,27). The van der Waals surface area contributed by atoms with Gasteiger partial charge in [-0.25, -0.2) is 13.4 Å². The summed E-state index contributed by atoms with van der Waals surface area (Å²) in [5.74, 6) is 2.46. The molecule has 2 N–H and O–H groups in total. The van der Waals surface area contributed by atoms with Gasteiger partial charge >= 0.3 is 0 Å². The summed E-state index contributed by atoms with van der Waals surface area (Å²) in [6.45, 7) is 7.56. The van der Waals surface area contributed by atoms with Crippen LogP contribution in [0.15, 0.2) is 51.8 Å². The van der Waals surface area contributed by atoms with Crippen LogP contribution in [0.2, 0.25) is 5.02 Å². The fourth-order valence-corrected chi connectivity index (χ4v) is 5.57. The van der Waals surface area contributed by atoms with Crippen molar-refractivity contribution in [3.8, 4) is 17.1 Å². The predicted octanol–water partition coefficient (Wildman–Crippen LogP) is 4.30. The quantitative estimate of drug-likeness (QED) is 0.531. The SMILES string of the molecule is COc1ccc(N2CC(C)NC(C)C2)nc1NS(=O)(=O)c1ccc(-c2ccc(C)o2)cc1Cl. The Morgan fingerprint density at radius 2 is 1.88 bits per heavy atom. The number of benzene rings is 1. The highest BCUT2D eigenvalue weighted by Crippen LogP contribution is 2.33. The van der Waals surface area contributed by atoms with Crippen LogP contribution in [0.3, 0.4) is 0 Å². The maximum absolute atomic E-state index is 13.2. The Kier molecular flexibility index (Phi) is 6.56. The molecule has 10 heteroatoms. The number of methoxy groups -OCH3 is 1. The molecule has 8 nitrogen and oxygen atoms in total. The van der Waals surface area contributed by atoms with Gasteiger partial charge in [-0.05, 0) is 63.2 Å². The number of pyridine rings is 1. The third kappa shape index (κ3) is 5.10. The number of ether oxygens (including phenoxy) is 1. The lowest BCUT2D eigenvalue weighted by Gasteiger charge is -2.37. The molecule has 2 atom stereocenters. The second-order valence-corrected chi connectivity index (χ2v) is 10.3. The number of anilines is 2. The Morgan fingerprint density at radius 1 is 1.15 bits per heavy atom. The number of sulfonamides is 1. The average molecular weight is 491 g/mol. The molecule has 2 unspecified atom stereocenters. The molecular weight excluding hydrogens is 464 g/mol. The summed E-state index contributed by atoms with van der Waals surface area (Å²) in [5.41, 5.74) is 0.687. The van der Waals surface area contributed by atoms with Gasteiger partial charge in [0.05, 0.1) is 12.1 Å². The molecule has 0 amide bonds. The predicted molar refractivity (Wildman–Crippen MR) is 130 cm³/mol. The molecule has 0 aliphatic carbocycles. The van der Waals surface area contributed by atoms with E-state index in [4.69, 9.17) is 20.8 Å². The second kappa shape index (κ2) is 9.24. The fraction of sp³-hybridized carbons (Fsp3) is 0.348. The van der Waals surface area contributed by atoms with Gasteiger partial charge < -0.3 is 19.4 Å². The summed E-state index contributed by atoms with van der Waals surface area (Å²) in [7, 11) is -2.56. The van der Waals surface area contributed by atoms with E-state index in [9.17, 15) is 8.42 Å². The highest BCUT2D eigenvalue weighted by atomic mass is 35.5. The van der Waals surface area contributed by atoms with E-state index >= 15 is 0 Å². The average Bonchev–Trinajstić information content (AvgIpc) is 3.19. The van der Waals surface area contributed by atoms with Crippen LogP contribution in [-0.4, -0.2) is 45.7 Å². The second-order valence-electron chi connectivity index (χ2n) is 8.26. The topological polar surface area (TPSA) is 96.7 Å². The van der Waals surface area contributed by atoms with E-state index in [1.54, 1.807) is 18.2 Å². The molecule has 0 radical (unpaired) electrons. The molecule has 3 heterocycles. The van der Waals surface area contributed by atoms with Crippen molar-refractivity contribution >= 4 is 33.3 Å². The number of furan rings is 1. The Balaban J connectivity index is 1.63. The first-order valence-electron chi connectivity index (χ1n) is 10.6. The van der Waals surface area contributed by atoms with E-state index in [1.165, 1.54) is 13.2 Å². The zero-order chi connectivity index (χ0) is 23.8. The summed E-state index contributed by atoms with van der Waals surface area (Å²) < 4.78 is 39.9. The highest BCUT2D eigenvalue weighted by Gasteiger charge is 2.25. The molecule has 0 bridgehead atoms. The lowest BCUT2D eigenvalue weighted by atomic mass is 10.1. The molecule has 2 aromatic heterocycles. The van der Waals surface area contributed by atoms with Gasteiger partial charge in [-0.15, -0.1) is 0 Å². The Hall–Kier alpha value is -2.75. The fourth-order valence-electron chi connectivity index (χ4n) is 4.01. The number of aryl methyl sites for hydroxylation is 1. The normalized spacial score (nSPS) is 18.9. The number of nitrogens with zero attached hydrogens (tertiary/aromatic N) is 2. The number of aromatic nitrogens is 1. The van der Waals surface area contributed by atoms with Gasteiger partial charge in [0.25, 0.3) is 10.0 Å². The van der Waals surface area contributed by atoms with Crippen molar-refractivity contribution in [3.05, 3.63) is 53.2 Å². The number of hydrogen-bond acceptors (Lipinski definition) is 7. The van der Waals surface area contributed by atoms with E-state index in [0.717, 1.165) is 18.8 Å². The maximum Gasteiger partial charge on any atom is 0.264 e. The van der Waals surface area contributed by atoms with Crippen LogP contribution in [0, 0.1) is 6.92 Å². The molecule has 4 rings (SSSR count). The molecule has 1 saturated heterocycles. The van der Waals surface area contributed by atoms with Crippen LogP contribution in [-0.2, 0) is 10.0 Å². The van der Waals surface area contributed by atoms with Gasteiger partial charge in [-0.2, -0.15) is 0 Å². The lowest BCUT2D eigenvalue weighted by Crippen LogP contribution is -2.54. The molecule has 1 aliphatic heterocycles. The molecule has 0 saturated carbocycles. The molecule has 1 aliphatic rings. The molecule has 0 spiro atoms. The van der Waals surface area contributed by atoms with Crippen molar-refractivity contribution in [1.29, 1.82) is 0 Å². The first-order chi connectivity index (χ1) is 15.7. The molecule has 176 valence electrons. The van der Waals surface area contributed by atoms with Gasteiger partial charge in [-0.1, -0.05) is 11.6 Å². The minimum atomic E-state index is -4.03. The Labute approximate surface area is 199 Å². The van der Waals surface area contributed by atoms with Crippen LogP contribution >= 0.6 is 11.6 Å². The molecule has 1 aromatic carbocycles. The highest BCUT2D eigenvalue weighted by molar-refractivity contribution is 7.92. The zero-order valence-electron chi connectivity index (χ0n) is 18.9. The molecule has 3 aromatic rings. The van der Waals surface area contributed by atoms with Crippen molar-refractivity contribution < 1.29 is 17.6 Å². The van der Waals surface area contributed by atoms with Crippen LogP contribution in [0.25, 0.3) is 11.3 Å². The van der Waals surface area contributed by atoms with Gasteiger partial charge in [0.1, 0.15) is 22.2 Å². The summed E-state index contributed by atoms with van der Waals surface area (Å²) in [6, 6.07) is 12.4. The molecular formula is C23H27ClN4O4S. The number of nitrogens with one attached hydrogen (secondary N) is 2. The first kappa shape index (κ1) is 23.4. The van der Waals surface area contributed by atoms with Crippen molar-refractivity contribution in [2.75, 3.05) is 29.8 Å². The maximum atomic E-state index is 13.2. The molecule has 33 heavy (non-hydrogen) atoms. The van der Waals surface area contributed by atoms with Gasteiger partial charge in [-0.3, -0.25) is 4.72 Å². The summed E-state index contributed by atoms with van der Waals surface area (Å²) >= 11 is 6.37. The van der Waals surface area contributed by atoms with Crippen LogP contribution < -0.4 is 19.7 Å². The van der Waals surface area contributed by atoms with Crippen molar-refractivity contribution in [2.24, 2.45) is 0 Å². The number of halogens is 1. The minimum absolute atomic E-state index is 0.0603. The molecule has 1 fully saturated rings. The largest absolute Gasteiger partial charge is 0.493 e. The summed E-state index contributed by atoms with van der Waals surface area (Å²) in [6.07, 6.45) is 0. The number of piperazine rings is 1. The van der Waals surface area contributed by atoms with E-state index in [1.807, 2.05) is 25.1 Å². The third-order valence-electron chi connectivity index (χ3n) is 5.42. The third-order valence-corrected chi connectivity index (χ3v) is 7.24. The first-order valence-corrected chi connectivity index (χ1v) is 12.5. The number of rotatable bonds is 6. The Bertz CT molecular complexity index is 1250. The van der Waals surface area contributed by atoms with Crippen molar-refractivity contribution in [3.63, 3.8) is 0 Å². The zero-order valence-corrected chi connectivity index (χ0v) is 20.5. The van der Waals surface area contributed by atoms with Gasteiger partial charge in [0, 0.05) is 30.7 Å². The lowest BCUT2D eigenvalue weighted by molar-refractivity contribution is 0.403. The van der Waals surface area contributed by atoms with E-state index < -0.39 is 10.0 Å². The van der Waals surface area contributed by atoms with Crippen LogP contribution in [0.4, 0.5) is 11.6 Å². The Morgan fingerprint density at radius 3 is 2.48 bits per heavy atom. The smallest absolute Gasteiger partial charge is 0.264 e.